The number of nitrogens with zero attached hydrogens (tertiary/aromatic N) is 3. The highest BCUT2D eigenvalue weighted by Crippen LogP contribution is 2.10. The minimum absolute atomic E-state index is 0.474. The number of ether oxygens (including phenoxy) is 1. The molecule has 0 aliphatic carbocycles. The van der Waals surface area contributed by atoms with Crippen LogP contribution in [0.2, 0.25) is 0 Å². The molecule has 0 saturated carbocycles. The summed E-state index contributed by atoms with van der Waals surface area (Å²) in [6, 6.07) is 0.963. The predicted molar refractivity (Wildman–Crippen MR) is 89.9 cm³/mol. The van der Waals surface area contributed by atoms with Crippen molar-refractivity contribution < 1.29 is 4.74 Å². The SMILES string of the molecule is C=CCCCN(C)C(=NC)NCC(C)N1CCOCC1C. The van der Waals surface area contributed by atoms with Crippen molar-refractivity contribution in [3.05, 3.63) is 12.7 Å². The van der Waals surface area contributed by atoms with E-state index in [4.69, 9.17) is 4.74 Å². The molecule has 1 saturated heterocycles. The molecule has 1 heterocycles. The molecule has 5 heteroatoms. The summed E-state index contributed by atoms with van der Waals surface area (Å²) in [5.74, 6) is 0.965. The summed E-state index contributed by atoms with van der Waals surface area (Å²) < 4.78 is 5.50. The van der Waals surface area contributed by atoms with Crippen LogP contribution in [0.5, 0.6) is 0 Å². The van der Waals surface area contributed by atoms with E-state index in [1.165, 1.54) is 0 Å². The van der Waals surface area contributed by atoms with Gasteiger partial charge in [0.15, 0.2) is 5.96 Å². The number of aliphatic imine (C=N–C) groups is 1. The quantitative estimate of drug-likeness (QED) is 0.335. The van der Waals surface area contributed by atoms with Gasteiger partial charge in [-0.2, -0.15) is 0 Å². The molecule has 21 heavy (non-hydrogen) atoms. The smallest absolute Gasteiger partial charge is 0.193 e. The van der Waals surface area contributed by atoms with Crippen LogP contribution >= 0.6 is 0 Å². The fraction of sp³-hybridized carbons (Fsp3) is 0.812. The third-order valence-corrected chi connectivity index (χ3v) is 4.02. The summed E-state index contributed by atoms with van der Waals surface area (Å²) in [7, 11) is 3.93. The number of rotatable bonds is 7. The van der Waals surface area contributed by atoms with Crippen molar-refractivity contribution >= 4 is 5.96 Å². The maximum absolute atomic E-state index is 5.50. The number of hydrogen-bond donors (Lipinski definition) is 1. The zero-order valence-electron chi connectivity index (χ0n) is 14.1. The van der Waals surface area contributed by atoms with E-state index in [1.54, 1.807) is 0 Å². The molecule has 2 atom stereocenters. The van der Waals surface area contributed by atoms with Crippen molar-refractivity contribution in [3.63, 3.8) is 0 Å². The topological polar surface area (TPSA) is 40.1 Å². The summed E-state index contributed by atoms with van der Waals surface area (Å²) in [5, 5.41) is 3.48. The lowest BCUT2D eigenvalue weighted by Crippen LogP contribution is -2.53. The van der Waals surface area contributed by atoms with E-state index in [9.17, 15) is 0 Å². The number of guanidine groups is 1. The molecule has 1 rings (SSSR count). The Bertz CT molecular complexity index is 332. The Kier molecular flexibility index (Phi) is 8.38. The van der Waals surface area contributed by atoms with Gasteiger partial charge in [-0.05, 0) is 26.7 Å². The number of unbranched alkanes of at least 4 members (excludes halogenated alkanes) is 1. The van der Waals surface area contributed by atoms with Crippen LogP contribution in [0.4, 0.5) is 0 Å². The minimum atomic E-state index is 0.474. The molecule has 0 spiro atoms. The maximum Gasteiger partial charge on any atom is 0.193 e. The molecule has 5 nitrogen and oxygen atoms in total. The molecule has 0 radical (unpaired) electrons. The number of hydrogen-bond acceptors (Lipinski definition) is 3. The van der Waals surface area contributed by atoms with Gasteiger partial charge in [-0.3, -0.25) is 9.89 Å². The Hall–Kier alpha value is -1.07. The molecule has 122 valence electrons. The summed E-state index contributed by atoms with van der Waals surface area (Å²) in [6.45, 7) is 12.8. The van der Waals surface area contributed by atoms with Crippen molar-refractivity contribution in [3.8, 4) is 0 Å². The molecular formula is C16H32N4O. The van der Waals surface area contributed by atoms with E-state index in [0.29, 0.717) is 12.1 Å². The summed E-state index contributed by atoms with van der Waals surface area (Å²) >= 11 is 0. The number of allylic oxidation sites excluding steroid dienone is 1. The van der Waals surface area contributed by atoms with Gasteiger partial charge in [0.25, 0.3) is 0 Å². The highest BCUT2D eigenvalue weighted by atomic mass is 16.5. The van der Waals surface area contributed by atoms with E-state index in [-0.39, 0.29) is 0 Å². The maximum atomic E-state index is 5.50. The van der Waals surface area contributed by atoms with Gasteiger partial charge in [-0.1, -0.05) is 6.08 Å². The lowest BCUT2D eigenvalue weighted by molar-refractivity contribution is -0.0174. The van der Waals surface area contributed by atoms with Crippen molar-refractivity contribution in [1.82, 2.24) is 15.1 Å². The van der Waals surface area contributed by atoms with Gasteiger partial charge in [-0.15, -0.1) is 6.58 Å². The van der Waals surface area contributed by atoms with E-state index < -0.39 is 0 Å². The standard InChI is InChI=1S/C16H32N4O/c1-6-7-8-9-19(5)16(17-4)18-12-14(2)20-10-11-21-13-15(20)3/h6,14-15H,1,7-13H2,2-5H3,(H,17,18). The van der Waals surface area contributed by atoms with Gasteiger partial charge < -0.3 is 15.0 Å². The summed E-state index contributed by atoms with van der Waals surface area (Å²) in [4.78, 5) is 9.05. The third-order valence-electron chi connectivity index (χ3n) is 4.02. The van der Waals surface area contributed by atoms with Crippen molar-refractivity contribution in [2.45, 2.75) is 38.8 Å². The predicted octanol–water partition coefficient (Wildman–Crippen LogP) is 1.57. The van der Waals surface area contributed by atoms with Gasteiger partial charge >= 0.3 is 0 Å². The normalized spacial score (nSPS) is 21.9. The average molecular weight is 296 g/mol. The van der Waals surface area contributed by atoms with E-state index in [2.05, 4.69) is 47.6 Å². The molecule has 0 aromatic carbocycles. The molecule has 0 bridgehead atoms. The van der Waals surface area contributed by atoms with Crippen molar-refractivity contribution in [2.24, 2.45) is 4.99 Å². The molecule has 0 amide bonds. The highest BCUT2D eigenvalue weighted by Gasteiger charge is 2.23. The van der Waals surface area contributed by atoms with Crippen LogP contribution < -0.4 is 5.32 Å². The lowest BCUT2D eigenvalue weighted by Gasteiger charge is -2.38. The molecule has 0 aromatic heterocycles. The molecule has 1 N–H and O–H groups in total. The van der Waals surface area contributed by atoms with E-state index in [1.807, 2.05) is 13.1 Å². The van der Waals surface area contributed by atoms with Crippen LogP contribution in [0.3, 0.4) is 0 Å². The molecule has 1 aliphatic heterocycles. The fourth-order valence-corrected chi connectivity index (χ4v) is 2.71. The summed E-state index contributed by atoms with van der Waals surface area (Å²) in [6.07, 6.45) is 4.12. The van der Waals surface area contributed by atoms with Gasteiger partial charge in [0.1, 0.15) is 0 Å². The van der Waals surface area contributed by atoms with E-state index >= 15 is 0 Å². The fourth-order valence-electron chi connectivity index (χ4n) is 2.71. The number of morpholine rings is 1. The molecule has 1 aliphatic rings. The highest BCUT2D eigenvalue weighted by molar-refractivity contribution is 5.79. The summed E-state index contributed by atoms with van der Waals surface area (Å²) in [5.41, 5.74) is 0. The monoisotopic (exact) mass is 296 g/mol. The first-order valence-corrected chi connectivity index (χ1v) is 7.96. The molecule has 0 aromatic rings. The zero-order valence-corrected chi connectivity index (χ0v) is 14.1. The number of nitrogens with one attached hydrogen (secondary N) is 1. The molecule has 2 unspecified atom stereocenters. The van der Waals surface area contributed by atoms with Crippen LogP contribution in [0.25, 0.3) is 0 Å². The molecular weight excluding hydrogens is 264 g/mol. The van der Waals surface area contributed by atoms with Crippen LogP contribution in [-0.2, 0) is 4.74 Å². The van der Waals surface area contributed by atoms with Crippen molar-refractivity contribution in [1.29, 1.82) is 0 Å². The molecule has 1 fully saturated rings. The van der Waals surface area contributed by atoms with Gasteiger partial charge in [0.05, 0.1) is 13.2 Å². The second-order valence-corrected chi connectivity index (χ2v) is 5.79. The Morgan fingerprint density at radius 2 is 2.38 bits per heavy atom. The van der Waals surface area contributed by atoms with Crippen LogP contribution in [0, 0.1) is 0 Å². The first-order valence-electron chi connectivity index (χ1n) is 7.96. The third kappa shape index (κ3) is 6.06. The van der Waals surface area contributed by atoms with Crippen molar-refractivity contribution in [2.75, 3.05) is 46.9 Å². The Morgan fingerprint density at radius 1 is 1.62 bits per heavy atom. The van der Waals surface area contributed by atoms with E-state index in [0.717, 1.165) is 51.6 Å². The first kappa shape index (κ1) is 18.0. The lowest BCUT2D eigenvalue weighted by atomic mass is 10.2. The average Bonchev–Trinajstić information content (AvgIpc) is 2.48. The van der Waals surface area contributed by atoms with Gasteiger partial charge in [0, 0.05) is 45.8 Å². The Labute approximate surface area is 130 Å². The Morgan fingerprint density at radius 3 is 3.00 bits per heavy atom. The Balaban J connectivity index is 2.38. The second-order valence-electron chi connectivity index (χ2n) is 5.79. The van der Waals surface area contributed by atoms with Crippen LogP contribution in [0.15, 0.2) is 17.6 Å². The van der Waals surface area contributed by atoms with Crippen LogP contribution in [-0.4, -0.2) is 74.8 Å². The van der Waals surface area contributed by atoms with Gasteiger partial charge in [0.2, 0.25) is 0 Å². The van der Waals surface area contributed by atoms with Crippen LogP contribution in [0.1, 0.15) is 26.7 Å². The largest absolute Gasteiger partial charge is 0.379 e. The van der Waals surface area contributed by atoms with Gasteiger partial charge in [-0.25, -0.2) is 0 Å². The first-order chi connectivity index (χ1) is 10.1. The minimum Gasteiger partial charge on any atom is -0.379 e. The zero-order chi connectivity index (χ0) is 15.7. The second kappa shape index (κ2) is 9.79.